The lowest BCUT2D eigenvalue weighted by Crippen LogP contribution is -2.39. The number of hydrogen-bond acceptors (Lipinski definition) is 3. The molecule has 110 valence electrons. The minimum Gasteiger partial charge on any atom is -0.325 e. The van der Waals surface area contributed by atoms with Gasteiger partial charge >= 0.3 is 0 Å². The molecule has 20 heavy (non-hydrogen) atoms. The Kier molecular flexibility index (Phi) is 5.56. The highest BCUT2D eigenvalue weighted by molar-refractivity contribution is 5.92. The molecule has 1 heterocycles. The molecule has 1 aliphatic rings. The summed E-state index contributed by atoms with van der Waals surface area (Å²) in [5.41, 5.74) is 2.16. The van der Waals surface area contributed by atoms with E-state index in [1.54, 1.807) is 0 Å². The van der Waals surface area contributed by atoms with Crippen molar-refractivity contribution in [1.29, 1.82) is 0 Å². The maximum Gasteiger partial charge on any atom is 0.238 e. The molecule has 1 aromatic rings. The third-order valence-corrected chi connectivity index (χ3v) is 3.75. The third-order valence-electron chi connectivity index (χ3n) is 3.75. The second-order valence-corrected chi connectivity index (χ2v) is 5.59. The molecule has 4 heteroatoms. The van der Waals surface area contributed by atoms with Gasteiger partial charge in [-0.1, -0.05) is 19.1 Å². The van der Waals surface area contributed by atoms with Crippen LogP contribution in [0.1, 0.15) is 25.3 Å². The number of carbonyl (C=O) groups excluding carboxylic acids is 1. The first-order valence-corrected chi connectivity index (χ1v) is 7.48. The fraction of sp³-hybridized carbons (Fsp3) is 0.562. The van der Waals surface area contributed by atoms with Crippen LogP contribution in [0, 0.1) is 0 Å². The molecule has 2 rings (SSSR count). The number of rotatable bonds is 6. The van der Waals surface area contributed by atoms with Gasteiger partial charge in [-0.25, -0.2) is 0 Å². The number of nitrogens with one attached hydrogen (secondary N) is 2. The molecule has 1 aromatic carbocycles. The first-order chi connectivity index (χ1) is 9.67. The molecule has 1 saturated heterocycles. The topological polar surface area (TPSA) is 44.4 Å². The molecule has 2 N–H and O–H groups in total. The number of anilines is 1. The molecule has 1 unspecified atom stereocenters. The van der Waals surface area contributed by atoms with E-state index in [9.17, 15) is 4.79 Å². The van der Waals surface area contributed by atoms with Gasteiger partial charge in [0, 0.05) is 18.3 Å². The average molecular weight is 275 g/mol. The van der Waals surface area contributed by atoms with E-state index in [-0.39, 0.29) is 5.91 Å². The Labute approximate surface area is 121 Å². The number of hydrogen-bond donors (Lipinski definition) is 2. The van der Waals surface area contributed by atoms with Crippen molar-refractivity contribution in [2.45, 2.75) is 32.2 Å². The fourth-order valence-electron chi connectivity index (χ4n) is 2.62. The zero-order valence-corrected chi connectivity index (χ0v) is 12.5. The van der Waals surface area contributed by atoms with Crippen molar-refractivity contribution in [2.24, 2.45) is 0 Å². The number of likely N-dealkylation sites (N-methyl/N-ethyl adjacent to an activating group) is 1. The highest BCUT2D eigenvalue weighted by Crippen LogP contribution is 2.10. The molecule has 0 saturated carbocycles. The quantitative estimate of drug-likeness (QED) is 0.833. The van der Waals surface area contributed by atoms with Gasteiger partial charge in [0.2, 0.25) is 5.91 Å². The predicted octanol–water partition coefficient (Wildman–Crippen LogP) is 1.87. The summed E-state index contributed by atoms with van der Waals surface area (Å²) in [4.78, 5) is 14.1. The Bertz CT molecular complexity index is 424. The van der Waals surface area contributed by atoms with Gasteiger partial charge in [0.05, 0.1) is 6.54 Å². The van der Waals surface area contributed by atoms with Crippen LogP contribution in [0.15, 0.2) is 24.3 Å². The van der Waals surface area contributed by atoms with Gasteiger partial charge in [-0.3, -0.25) is 9.69 Å². The standard InChI is InChI=1S/C16H25N3O/c1-3-13-6-8-14(9-7-13)18-16(20)12-19(2)11-15-5-4-10-17-15/h6-9,15,17H,3-5,10-12H2,1-2H3,(H,18,20). The Morgan fingerprint density at radius 3 is 2.75 bits per heavy atom. The summed E-state index contributed by atoms with van der Waals surface area (Å²) in [6.07, 6.45) is 3.48. The summed E-state index contributed by atoms with van der Waals surface area (Å²) >= 11 is 0. The minimum atomic E-state index is 0.0507. The summed E-state index contributed by atoms with van der Waals surface area (Å²) in [5.74, 6) is 0.0507. The van der Waals surface area contributed by atoms with E-state index in [1.165, 1.54) is 18.4 Å². The SMILES string of the molecule is CCc1ccc(NC(=O)CN(C)CC2CCCN2)cc1. The number of benzene rings is 1. The van der Waals surface area contributed by atoms with Crippen molar-refractivity contribution in [1.82, 2.24) is 10.2 Å². The molecule has 1 fully saturated rings. The van der Waals surface area contributed by atoms with Crippen molar-refractivity contribution in [2.75, 3.05) is 32.0 Å². The zero-order valence-electron chi connectivity index (χ0n) is 12.5. The van der Waals surface area contributed by atoms with Gasteiger partial charge in [0.25, 0.3) is 0 Å². The van der Waals surface area contributed by atoms with E-state index in [4.69, 9.17) is 0 Å². The lowest BCUT2D eigenvalue weighted by molar-refractivity contribution is -0.117. The average Bonchev–Trinajstić information content (AvgIpc) is 2.92. The monoisotopic (exact) mass is 275 g/mol. The van der Waals surface area contributed by atoms with Crippen molar-refractivity contribution >= 4 is 11.6 Å². The normalized spacial score (nSPS) is 18.4. The largest absolute Gasteiger partial charge is 0.325 e. The molecule has 0 spiro atoms. The van der Waals surface area contributed by atoms with E-state index in [2.05, 4.69) is 34.6 Å². The molecule has 0 aromatic heterocycles. The van der Waals surface area contributed by atoms with E-state index < -0.39 is 0 Å². The predicted molar refractivity (Wildman–Crippen MR) is 83.0 cm³/mol. The molecule has 0 bridgehead atoms. The fourth-order valence-corrected chi connectivity index (χ4v) is 2.62. The van der Waals surface area contributed by atoms with E-state index >= 15 is 0 Å². The molecule has 1 aliphatic heterocycles. The number of carbonyl (C=O) groups is 1. The molecule has 0 aliphatic carbocycles. The van der Waals surface area contributed by atoms with Crippen molar-refractivity contribution in [3.8, 4) is 0 Å². The van der Waals surface area contributed by atoms with Gasteiger partial charge in [-0.2, -0.15) is 0 Å². The van der Waals surface area contributed by atoms with Crippen molar-refractivity contribution < 1.29 is 4.79 Å². The highest BCUT2D eigenvalue weighted by Gasteiger charge is 2.17. The Balaban J connectivity index is 1.75. The van der Waals surface area contributed by atoms with E-state index in [1.807, 2.05) is 19.2 Å². The van der Waals surface area contributed by atoms with Gasteiger partial charge in [-0.15, -0.1) is 0 Å². The molecule has 1 atom stereocenters. The maximum atomic E-state index is 12.0. The number of nitrogens with zero attached hydrogens (tertiary/aromatic N) is 1. The van der Waals surface area contributed by atoms with Crippen molar-refractivity contribution in [3.63, 3.8) is 0 Å². The maximum absolute atomic E-state index is 12.0. The van der Waals surface area contributed by atoms with Crippen LogP contribution in [0.3, 0.4) is 0 Å². The third kappa shape index (κ3) is 4.62. The summed E-state index contributed by atoms with van der Waals surface area (Å²) in [6, 6.07) is 8.59. The lowest BCUT2D eigenvalue weighted by atomic mass is 10.1. The second-order valence-electron chi connectivity index (χ2n) is 5.59. The molecular formula is C16H25N3O. The smallest absolute Gasteiger partial charge is 0.238 e. The van der Waals surface area contributed by atoms with Crippen LogP contribution in [-0.4, -0.2) is 43.5 Å². The summed E-state index contributed by atoms with van der Waals surface area (Å²) < 4.78 is 0. The van der Waals surface area contributed by atoms with Crippen LogP contribution in [-0.2, 0) is 11.2 Å². The summed E-state index contributed by atoms with van der Waals surface area (Å²) in [7, 11) is 2.00. The van der Waals surface area contributed by atoms with E-state index in [0.717, 1.165) is 25.2 Å². The van der Waals surface area contributed by atoms with Crippen molar-refractivity contribution in [3.05, 3.63) is 29.8 Å². The highest BCUT2D eigenvalue weighted by atomic mass is 16.2. The van der Waals surface area contributed by atoms with Crippen LogP contribution in [0.25, 0.3) is 0 Å². The Morgan fingerprint density at radius 2 is 2.15 bits per heavy atom. The molecular weight excluding hydrogens is 250 g/mol. The first-order valence-electron chi connectivity index (χ1n) is 7.48. The molecule has 1 amide bonds. The van der Waals surface area contributed by atoms with Gasteiger partial charge in [0.1, 0.15) is 0 Å². The Morgan fingerprint density at radius 1 is 1.40 bits per heavy atom. The summed E-state index contributed by atoms with van der Waals surface area (Å²) in [5, 5.41) is 6.40. The second kappa shape index (κ2) is 7.41. The molecule has 0 radical (unpaired) electrons. The minimum absolute atomic E-state index is 0.0507. The molecule has 4 nitrogen and oxygen atoms in total. The zero-order chi connectivity index (χ0) is 14.4. The van der Waals surface area contributed by atoms with E-state index in [0.29, 0.717) is 12.6 Å². The summed E-state index contributed by atoms with van der Waals surface area (Å²) in [6.45, 7) is 4.60. The van der Waals surface area contributed by atoms with Crippen LogP contribution >= 0.6 is 0 Å². The number of amides is 1. The number of aryl methyl sites for hydroxylation is 1. The van der Waals surface area contributed by atoms with Crippen LogP contribution in [0.5, 0.6) is 0 Å². The lowest BCUT2D eigenvalue weighted by Gasteiger charge is -2.20. The van der Waals surface area contributed by atoms with Gasteiger partial charge in [-0.05, 0) is 50.6 Å². The van der Waals surface area contributed by atoms with Crippen LogP contribution in [0.2, 0.25) is 0 Å². The van der Waals surface area contributed by atoms with Crippen LogP contribution in [0.4, 0.5) is 5.69 Å². The first kappa shape index (κ1) is 15.0. The van der Waals surface area contributed by atoms with Gasteiger partial charge < -0.3 is 10.6 Å². The van der Waals surface area contributed by atoms with Gasteiger partial charge in [0.15, 0.2) is 0 Å². The Hall–Kier alpha value is -1.39. The van der Waals surface area contributed by atoms with Crippen LogP contribution < -0.4 is 10.6 Å².